The number of allylic oxidation sites excluding steroid dienone is 3. The van der Waals surface area contributed by atoms with Crippen molar-refractivity contribution in [2.24, 2.45) is 5.92 Å². The molecule has 0 aliphatic heterocycles. The molecule has 0 fully saturated rings. The van der Waals surface area contributed by atoms with Crippen molar-refractivity contribution in [1.29, 1.82) is 0 Å². The maximum absolute atomic E-state index is 4.06. The van der Waals surface area contributed by atoms with Gasteiger partial charge in [-0.3, -0.25) is 0 Å². The quantitative estimate of drug-likeness (QED) is 0.0778. The van der Waals surface area contributed by atoms with Crippen molar-refractivity contribution in [2.45, 2.75) is 88.4 Å². The lowest BCUT2D eigenvalue weighted by molar-refractivity contribution is 0.372. The zero-order chi connectivity index (χ0) is 52.3. The van der Waals surface area contributed by atoms with Gasteiger partial charge in [0.05, 0.1) is 10.9 Å². The monoisotopic (exact) mass is 999 g/mol. The molecule has 0 bridgehead atoms. The van der Waals surface area contributed by atoms with Gasteiger partial charge in [-0.15, -0.1) is 0 Å². The van der Waals surface area contributed by atoms with E-state index in [1.165, 1.54) is 83.1 Å². The molecule has 0 amide bonds. The Balaban J connectivity index is 0.930. The molecule has 77 heavy (non-hydrogen) atoms. The number of unbranched alkanes of at least 4 members (excludes halogenated alkanes) is 2. The van der Waals surface area contributed by atoms with E-state index in [2.05, 4.69) is 267 Å². The summed E-state index contributed by atoms with van der Waals surface area (Å²) >= 11 is 0. The lowest BCUT2D eigenvalue weighted by Gasteiger charge is -2.41. The summed E-state index contributed by atoms with van der Waals surface area (Å²) in [4.78, 5) is 2.55. The average Bonchev–Trinajstić information content (AvgIpc) is 4.01. The van der Waals surface area contributed by atoms with Crippen molar-refractivity contribution in [2.75, 3.05) is 4.90 Å². The van der Waals surface area contributed by atoms with Gasteiger partial charge in [-0.1, -0.05) is 234 Å². The standard InChI is InChI=1S/C75H70N2/c1-5-55-25-21-27-57(50-55)23-17-19-46-75(47-20-18-24-58-28-22-26-56(6-2)51-58)70-35-15-14-34-69(70)74(4)48-45-65(52-73(74)75)76(63-41-37-60(38-42-63)59-29-9-7-10-30-59)64-43-39-61(40-44-64)67-53-68-66-33-13-16-36-71(66)77(72(68)49-54(67)3)62-31-11-8-12-32-62/h5-16,21-22,25-45,49-54,67H,1-2,17-20,23-24,46-48H2,3-4H3. The molecule has 3 atom stereocenters. The zero-order valence-corrected chi connectivity index (χ0v) is 44.9. The van der Waals surface area contributed by atoms with E-state index in [1.54, 1.807) is 11.1 Å². The first-order valence-electron chi connectivity index (χ1n) is 28.2. The first-order chi connectivity index (χ1) is 37.8. The molecule has 9 aromatic rings. The van der Waals surface area contributed by atoms with Crippen LogP contribution in [0.5, 0.6) is 0 Å². The van der Waals surface area contributed by atoms with Crippen molar-refractivity contribution >= 4 is 46.6 Å². The van der Waals surface area contributed by atoms with E-state index >= 15 is 0 Å². The van der Waals surface area contributed by atoms with Crippen LogP contribution in [0.15, 0.2) is 243 Å². The third-order valence-corrected chi connectivity index (χ3v) is 17.5. The van der Waals surface area contributed by atoms with Crippen molar-refractivity contribution in [1.82, 2.24) is 4.57 Å². The number of aryl methyl sites for hydroxylation is 2. The highest BCUT2D eigenvalue weighted by Crippen LogP contribution is 2.61. The summed E-state index contributed by atoms with van der Waals surface area (Å²) in [6.45, 7) is 13.1. The van der Waals surface area contributed by atoms with Gasteiger partial charge in [-0.05, 0) is 155 Å². The Hall–Kier alpha value is -8.20. The van der Waals surface area contributed by atoms with Crippen LogP contribution in [0, 0.1) is 5.92 Å². The van der Waals surface area contributed by atoms with E-state index in [0.29, 0.717) is 5.92 Å². The fraction of sp³-hybridized carbons (Fsp3) is 0.200. The fourth-order valence-electron chi connectivity index (χ4n) is 13.6. The highest BCUT2D eigenvalue weighted by atomic mass is 15.1. The van der Waals surface area contributed by atoms with Crippen LogP contribution in [0.25, 0.3) is 52.0 Å². The number of aromatic nitrogens is 1. The summed E-state index contributed by atoms with van der Waals surface area (Å²) in [5.74, 6) is 0.535. The zero-order valence-electron chi connectivity index (χ0n) is 44.9. The Bertz CT molecular complexity index is 3740. The van der Waals surface area contributed by atoms with E-state index < -0.39 is 0 Å². The van der Waals surface area contributed by atoms with Crippen LogP contribution in [0.2, 0.25) is 0 Å². The van der Waals surface area contributed by atoms with Gasteiger partial charge in [-0.2, -0.15) is 0 Å². The lowest BCUT2D eigenvalue weighted by Crippen LogP contribution is -2.34. The Labute approximate surface area is 457 Å². The van der Waals surface area contributed by atoms with Crippen LogP contribution in [-0.2, 0) is 23.7 Å². The molecule has 0 spiro atoms. The van der Waals surface area contributed by atoms with Crippen LogP contribution in [0.1, 0.15) is 104 Å². The molecule has 8 aromatic carbocycles. The summed E-state index contributed by atoms with van der Waals surface area (Å²) in [6, 6.07) is 76.7. The van der Waals surface area contributed by atoms with Crippen LogP contribution >= 0.6 is 0 Å². The second kappa shape index (κ2) is 21.4. The predicted molar refractivity (Wildman–Crippen MR) is 328 cm³/mol. The van der Waals surface area contributed by atoms with Crippen LogP contribution < -0.4 is 15.5 Å². The summed E-state index contributed by atoms with van der Waals surface area (Å²) in [5.41, 5.74) is 19.4. The Kier molecular flexibility index (Phi) is 13.8. The number of nitrogens with zero attached hydrogens (tertiary/aromatic N) is 2. The highest BCUT2D eigenvalue weighted by Gasteiger charge is 2.53. The minimum absolute atomic E-state index is 0.102. The number of para-hydroxylation sites is 2. The molecule has 0 N–H and O–H groups in total. The predicted octanol–water partition coefficient (Wildman–Crippen LogP) is 18.0. The van der Waals surface area contributed by atoms with Gasteiger partial charge in [0.25, 0.3) is 0 Å². The van der Waals surface area contributed by atoms with Crippen molar-refractivity contribution in [3.8, 4) is 16.8 Å². The number of fused-ring (bicyclic) bond motifs is 6. The summed E-state index contributed by atoms with van der Waals surface area (Å²) in [7, 11) is 0. The molecule has 2 nitrogen and oxygen atoms in total. The van der Waals surface area contributed by atoms with Crippen LogP contribution in [0.3, 0.4) is 0 Å². The van der Waals surface area contributed by atoms with E-state index in [1.807, 2.05) is 12.2 Å². The largest absolute Gasteiger partial charge is 0.311 e. The summed E-state index contributed by atoms with van der Waals surface area (Å²) in [6.07, 6.45) is 24.1. The Morgan fingerprint density at radius 1 is 0.571 bits per heavy atom. The number of benzene rings is 8. The minimum Gasteiger partial charge on any atom is -0.311 e. The number of rotatable bonds is 18. The van der Waals surface area contributed by atoms with Gasteiger partial charge in [-0.25, -0.2) is 0 Å². The molecule has 3 unspecified atom stereocenters. The fourth-order valence-corrected chi connectivity index (χ4v) is 13.6. The molecule has 0 saturated heterocycles. The van der Waals surface area contributed by atoms with Gasteiger partial charge in [0, 0.05) is 50.1 Å². The molecule has 1 heterocycles. The first-order valence-corrected chi connectivity index (χ1v) is 28.2. The van der Waals surface area contributed by atoms with E-state index in [-0.39, 0.29) is 16.7 Å². The van der Waals surface area contributed by atoms with E-state index in [4.69, 9.17) is 0 Å². The van der Waals surface area contributed by atoms with E-state index in [9.17, 15) is 0 Å². The second-order valence-electron chi connectivity index (χ2n) is 22.2. The Morgan fingerprint density at radius 2 is 1.14 bits per heavy atom. The van der Waals surface area contributed by atoms with Crippen molar-refractivity contribution < 1.29 is 0 Å². The third kappa shape index (κ3) is 9.50. The summed E-state index contributed by atoms with van der Waals surface area (Å²) < 4.78 is 2.44. The highest BCUT2D eigenvalue weighted by molar-refractivity contribution is 5.85. The van der Waals surface area contributed by atoms with Gasteiger partial charge < -0.3 is 9.47 Å². The maximum atomic E-state index is 4.06. The SMILES string of the molecule is C=Cc1cccc(CCCCC2(CCCCc3cccc(C=C)c3)C3=CC(N(c4ccc(-c5ccccc5)cc4)c4ccc(C5C=c6c(n(-c7ccccc7)c7ccccc67)=CC5C)cc4)=CCC3(C)c3ccccc32)c1. The lowest BCUT2D eigenvalue weighted by atomic mass is 9.64. The smallest absolute Gasteiger partial charge is 0.0540 e. The van der Waals surface area contributed by atoms with Crippen molar-refractivity contribution in [3.05, 3.63) is 292 Å². The van der Waals surface area contributed by atoms with Gasteiger partial charge in [0.15, 0.2) is 0 Å². The molecule has 12 rings (SSSR count). The average molecular weight is 999 g/mol. The molecular weight excluding hydrogens is 929 g/mol. The van der Waals surface area contributed by atoms with Gasteiger partial charge in [0.2, 0.25) is 0 Å². The van der Waals surface area contributed by atoms with E-state index in [0.717, 1.165) is 63.5 Å². The summed E-state index contributed by atoms with van der Waals surface area (Å²) in [5, 5.41) is 3.91. The minimum atomic E-state index is -0.116. The second-order valence-corrected chi connectivity index (χ2v) is 22.2. The first kappa shape index (κ1) is 49.7. The topological polar surface area (TPSA) is 8.17 Å². The molecule has 1 aromatic heterocycles. The number of anilines is 2. The third-order valence-electron chi connectivity index (χ3n) is 17.5. The molecule has 2 heteroatoms. The number of hydrogen-bond donors (Lipinski definition) is 0. The van der Waals surface area contributed by atoms with Crippen LogP contribution in [0.4, 0.5) is 11.4 Å². The molecule has 0 radical (unpaired) electrons. The molecule has 0 saturated carbocycles. The molecule has 3 aliphatic rings. The van der Waals surface area contributed by atoms with Gasteiger partial charge in [0.1, 0.15) is 0 Å². The molecule has 3 aliphatic carbocycles. The molecule has 380 valence electrons. The normalized spacial score (nSPS) is 17.9. The maximum Gasteiger partial charge on any atom is 0.0540 e. The number of hydrogen-bond acceptors (Lipinski definition) is 1. The van der Waals surface area contributed by atoms with Gasteiger partial charge >= 0.3 is 0 Å². The Morgan fingerprint density at radius 3 is 1.79 bits per heavy atom. The molecular formula is C75H70N2. The van der Waals surface area contributed by atoms with Crippen molar-refractivity contribution in [3.63, 3.8) is 0 Å². The van der Waals surface area contributed by atoms with Crippen LogP contribution in [-0.4, -0.2) is 4.57 Å².